The Morgan fingerprint density at radius 1 is 1.53 bits per heavy atom. The van der Waals surface area contributed by atoms with Gasteiger partial charge in [-0.2, -0.15) is 4.98 Å². The molecule has 0 aliphatic rings. The van der Waals surface area contributed by atoms with E-state index < -0.39 is 5.54 Å². The van der Waals surface area contributed by atoms with Crippen LogP contribution in [0.2, 0.25) is 0 Å². The lowest BCUT2D eigenvalue weighted by atomic mass is 10.1. The van der Waals surface area contributed by atoms with Crippen LogP contribution in [-0.4, -0.2) is 10.1 Å². The van der Waals surface area contributed by atoms with Gasteiger partial charge in [-0.25, -0.2) is 0 Å². The number of nitrogens with two attached hydrogens (primary N) is 1. The summed E-state index contributed by atoms with van der Waals surface area (Å²) in [6.07, 6.45) is 0. The zero-order valence-corrected chi connectivity index (χ0v) is 10.7. The Hall–Kier alpha value is -0.720. The molecule has 0 bridgehead atoms. The zero-order chi connectivity index (χ0) is 11.1. The van der Waals surface area contributed by atoms with E-state index >= 15 is 0 Å². The van der Waals surface area contributed by atoms with E-state index in [1.807, 2.05) is 25.3 Å². The Morgan fingerprint density at radius 3 is 2.73 bits per heavy atom. The molecule has 4 nitrogen and oxygen atoms in total. The van der Waals surface area contributed by atoms with E-state index in [-0.39, 0.29) is 0 Å². The van der Waals surface area contributed by atoms with Crippen molar-refractivity contribution in [2.24, 2.45) is 5.73 Å². The summed E-state index contributed by atoms with van der Waals surface area (Å²) in [5.41, 5.74) is 5.25. The van der Waals surface area contributed by atoms with Gasteiger partial charge in [0, 0.05) is 9.85 Å². The summed E-state index contributed by atoms with van der Waals surface area (Å²) < 4.78 is 6.11. The minimum absolute atomic E-state index is 0.446. The third-order valence-electron chi connectivity index (χ3n) is 1.77. The Balaban J connectivity index is 2.36. The summed E-state index contributed by atoms with van der Waals surface area (Å²) in [5.74, 6) is 1.03. The maximum atomic E-state index is 5.85. The van der Waals surface area contributed by atoms with Crippen LogP contribution in [0.25, 0.3) is 10.7 Å². The van der Waals surface area contributed by atoms with Crippen molar-refractivity contribution in [3.8, 4) is 10.7 Å². The predicted molar refractivity (Wildman–Crippen MR) is 62.5 cm³/mol. The van der Waals surface area contributed by atoms with E-state index in [4.69, 9.17) is 10.3 Å². The van der Waals surface area contributed by atoms with E-state index in [2.05, 4.69) is 26.1 Å². The number of hydrogen-bond acceptors (Lipinski definition) is 5. The molecule has 0 aliphatic carbocycles. The summed E-state index contributed by atoms with van der Waals surface area (Å²) in [4.78, 5) is 5.21. The number of aromatic nitrogens is 2. The first-order valence-electron chi connectivity index (χ1n) is 4.34. The van der Waals surface area contributed by atoms with Crippen LogP contribution >= 0.6 is 27.3 Å². The molecule has 0 aromatic carbocycles. The van der Waals surface area contributed by atoms with Crippen molar-refractivity contribution < 1.29 is 4.52 Å². The Labute approximate surface area is 99.6 Å². The van der Waals surface area contributed by atoms with Gasteiger partial charge >= 0.3 is 0 Å². The third-order valence-corrected chi connectivity index (χ3v) is 3.45. The van der Waals surface area contributed by atoms with Crippen LogP contribution in [0.4, 0.5) is 0 Å². The normalized spacial score (nSPS) is 12.0. The minimum atomic E-state index is -0.597. The molecule has 0 radical (unpaired) electrons. The molecule has 80 valence electrons. The quantitative estimate of drug-likeness (QED) is 0.922. The molecule has 0 fully saturated rings. The lowest BCUT2D eigenvalue weighted by Crippen LogP contribution is -2.28. The standard InChI is InChI=1S/C9H10BrN3OS/c1-9(2,11)8-12-7(13-14-8)6-3-5(10)4-15-6/h3-4H,11H2,1-2H3. The zero-order valence-electron chi connectivity index (χ0n) is 8.32. The smallest absolute Gasteiger partial charge is 0.246 e. The van der Waals surface area contributed by atoms with Gasteiger partial charge in [-0.3, -0.25) is 0 Å². The van der Waals surface area contributed by atoms with Gasteiger partial charge in [0.05, 0.1) is 10.4 Å². The van der Waals surface area contributed by atoms with Crippen molar-refractivity contribution in [3.05, 3.63) is 21.8 Å². The van der Waals surface area contributed by atoms with Gasteiger partial charge < -0.3 is 10.3 Å². The number of thiophene rings is 1. The van der Waals surface area contributed by atoms with Crippen LogP contribution in [0.1, 0.15) is 19.7 Å². The van der Waals surface area contributed by atoms with Crippen molar-refractivity contribution in [3.63, 3.8) is 0 Å². The molecule has 0 unspecified atom stereocenters. The molecule has 2 N–H and O–H groups in total. The highest BCUT2D eigenvalue weighted by atomic mass is 79.9. The summed E-state index contributed by atoms with van der Waals surface area (Å²) in [5, 5.41) is 5.86. The largest absolute Gasteiger partial charge is 0.337 e. The molecule has 15 heavy (non-hydrogen) atoms. The van der Waals surface area contributed by atoms with Gasteiger partial charge in [-0.1, -0.05) is 5.16 Å². The third kappa shape index (κ3) is 2.27. The second-order valence-electron chi connectivity index (χ2n) is 3.77. The van der Waals surface area contributed by atoms with Gasteiger partial charge in [-0.05, 0) is 35.8 Å². The highest BCUT2D eigenvalue weighted by molar-refractivity contribution is 9.10. The highest BCUT2D eigenvalue weighted by Crippen LogP contribution is 2.28. The fourth-order valence-electron chi connectivity index (χ4n) is 1.02. The maximum absolute atomic E-state index is 5.85. The fourth-order valence-corrected chi connectivity index (χ4v) is 2.37. The fraction of sp³-hybridized carbons (Fsp3) is 0.333. The Kier molecular flexibility index (Phi) is 2.66. The molecule has 2 aromatic rings. The number of halogens is 1. The molecule has 0 spiro atoms. The molecular formula is C9H10BrN3OS. The minimum Gasteiger partial charge on any atom is -0.337 e. The predicted octanol–water partition coefficient (Wildman–Crippen LogP) is 2.75. The van der Waals surface area contributed by atoms with Crippen LogP contribution < -0.4 is 5.73 Å². The van der Waals surface area contributed by atoms with Crippen molar-refractivity contribution >= 4 is 27.3 Å². The topological polar surface area (TPSA) is 64.9 Å². The molecule has 0 amide bonds. The molecule has 0 aliphatic heterocycles. The second kappa shape index (κ2) is 3.70. The van der Waals surface area contributed by atoms with E-state index in [0.29, 0.717) is 11.7 Å². The number of nitrogens with zero attached hydrogens (tertiary/aromatic N) is 2. The molecule has 6 heteroatoms. The van der Waals surface area contributed by atoms with E-state index in [1.54, 1.807) is 11.3 Å². The van der Waals surface area contributed by atoms with E-state index in [0.717, 1.165) is 9.35 Å². The van der Waals surface area contributed by atoms with Crippen molar-refractivity contribution in [2.45, 2.75) is 19.4 Å². The Morgan fingerprint density at radius 2 is 2.27 bits per heavy atom. The first-order valence-corrected chi connectivity index (χ1v) is 6.01. The highest BCUT2D eigenvalue weighted by Gasteiger charge is 2.23. The lowest BCUT2D eigenvalue weighted by molar-refractivity contribution is 0.312. The molecule has 0 saturated heterocycles. The Bertz CT molecular complexity index is 472. The molecule has 2 heterocycles. The van der Waals surface area contributed by atoms with E-state index in [9.17, 15) is 0 Å². The van der Waals surface area contributed by atoms with Crippen molar-refractivity contribution in [2.75, 3.05) is 0 Å². The van der Waals surface area contributed by atoms with Gasteiger partial charge in [0.2, 0.25) is 11.7 Å². The first kappa shape index (κ1) is 10.8. The lowest BCUT2D eigenvalue weighted by Gasteiger charge is -2.10. The number of hydrogen-bond donors (Lipinski definition) is 1. The van der Waals surface area contributed by atoms with Crippen molar-refractivity contribution in [1.82, 2.24) is 10.1 Å². The van der Waals surface area contributed by atoms with Gasteiger partial charge in [-0.15, -0.1) is 11.3 Å². The first-order chi connectivity index (χ1) is 6.97. The molecule has 0 saturated carbocycles. The van der Waals surface area contributed by atoms with Crippen LogP contribution in [0, 0.1) is 0 Å². The summed E-state index contributed by atoms with van der Waals surface area (Å²) >= 11 is 4.93. The summed E-state index contributed by atoms with van der Waals surface area (Å²) in [7, 11) is 0. The average Bonchev–Trinajstić information content (AvgIpc) is 2.69. The van der Waals surface area contributed by atoms with Crippen LogP contribution in [0.15, 0.2) is 20.4 Å². The van der Waals surface area contributed by atoms with Gasteiger partial charge in [0.15, 0.2) is 0 Å². The monoisotopic (exact) mass is 287 g/mol. The summed E-state index contributed by atoms with van der Waals surface area (Å²) in [6, 6.07) is 1.95. The second-order valence-corrected chi connectivity index (χ2v) is 5.60. The van der Waals surface area contributed by atoms with Crippen LogP contribution in [-0.2, 0) is 5.54 Å². The molecule has 0 atom stereocenters. The van der Waals surface area contributed by atoms with Gasteiger partial charge in [0.1, 0.15) is 0 Å². The molecule has 2 aromatic heterocycles. The van der Waals surface area contributed by atoms with Gasteiger partial charge in [0.25, 0.3) is 0 Å². The van der Waals surface area contributed by atoms with Crippen molar-refractivity contribution in [1.29, 1.82) is 0 Å². The summed E-state index contributed by atoms with van der Waals surface area (Å²) in [6.45, 7) is 3.66. The van der Waals surface area contributed by atoms with Crippen LogP contribution in [0.5, 0.6) is 0 Å². The van der Waals surface area contributed by atoms with E-state index in [1.165, 1.54) is 0 Å². The average molecular weight is 288 g/mol. The molecular weight excluding hydrogens is 278 g/mol. The molecule has 2 rings (SSSR count). The maximum Gasteiger partial charge on any atom is 0.246 e. The van der Waals surface area contributed by atoms with Crippen LogP contribution in [0.3, 0.4) is 0 Å². The SMILES string of the molecule is CC(C)(N)c1nc(-c2cc(Br)cs2)no1. The number of rotatable bonds is 2.